The second-order valence-corrected chi connectivity index (χ2v) is 5.64. The molecule has 1 amide bonds. The van der Waals surface area contributed by atoms with Gasteiger partial charge in [-0.2, -0.15) is 0 Å². The Hall–Kier alpha value is -2.54. The first-order valence-corrected chi connectivity index (χ1v) is 7.94. The zero-order valence-corrected chi connectivity index (χ0v) is 13.9. The van der Waals surface area contributed by atoms with Crippen LogP contribution in [0.15, 0.2) is 36.7 Å². The SMILES string of the molecule is COc1ccccc1OCC(=O)N1CCNCC1c1nccn1C. The molecule has 1 aromatic carbocycles. The summed E-state index contributed by atoms with van der Waals surface area (Å²) in [6.45, 7) is 2.06. The standard InChI is InChI=1S/C17H22N4O3/c1-20-9-8-19-17(20)13-11-18-7-10-21(13)16(22)12-24-15-6-4-3-5-14(15)23-2/h3-6,8-9,13,18H,7,10-12H2,1-2H3. The number of amides is 1. The highest BCUT2D eigenvalue weighted by Crippen LogP contribution is 2.26. The molecule has 0 spiro atoms. The van der Waals surface area contributed by atoms with E-state index in [9.17, 15) is 4.79 Å². The van der Waals surface area contributed by atoms with Crippen molar-refractivity contribution in [2.45, 2.75) is 6.04 Å². The number of ether oxygens (including phenoxy) is 2. The van der Waals surface area contributed by atoms with Crippen LogP contribution in [0.25, 0.3) is 0 Å². The zero-order chi connectivity index (χ0) is 16.9. The third-order valence-electron chi connectivity index (χ3n) is 4.14. The number of carbonyl (C=O) groups is 1. The van der Waals surface area contributed by atoms with E-state index in [1.807, 2.05) is 34.8 Å². The molecule has 1 saturated heterocycles. The molecule has 0 bridgehead atoms. The maximum absolute atomic E-state index is 12.7. The molecule has 1 unspecified atom stereocenters. The van der Waals surface area contributed by atoms with Crippen molar-refractivity contribution < 1.29 is 14.3 Å². The fourth-order valence-electron chi connectivity index (χ4n) is 2.89. The minimum absolute atomic E-state index is 0.0265. The monoisotopic (exact) mass is 330 g/mol. The molecule has 1 aliphatic rings. The van der Waals surface area contributed by atoms with E-state index < -0.39 is 0 Å². The van der Waals surface area contributed by atoms with E-state index in [1.54, 1.807) is 25.4 Å². The Balaban J connectivity index is 1.69. The molecule has 1 aliphatic heterocycles. The number of nitrogens with zero attached hydrogens (tertiary/aromatic N) is 3. The summed E-state index contributed by atoms with van der Waals surface area (Å²) in [5, 5.41) is 3.32. The average molecular weight is 330 g/mol. The van der Waals surface area contributed by atoms with E-state index in [0.717, 1.165) is 12.4 Å². The second kappa shape index (κ2) is 7.35. The predicted molar refractivity (Wildman–Crippen MR) is 89.0 cm³/mol. The van der Waals surface area contributed by atoms with E-state index in [1.165, 1.54) is 0 Å². The van der Waals surface area contributed by atoms with Crippen LogP contribution < -0.4 is 14.8 Å². The molecular weight excluding hydrogens is 308 g/mol. The molecule has 1 fully saturated rings. The minimum atomic E-state index is -0.0903. The molecule has 0 radical (unpaired) electrons. The number of para-hydroxylation sites is 2. The van der Waals surface area contributed by atoms with Crippen LogP contribution in [-0.4, -0.2) is 53.7 Å². The molecule has 2 heterocycles. The van der Waals surface area contributed by atoms with E-state index in [0.29, 0.717) is 24.6 Å². The number of methoxy groups -OCH3 is 1. The number of nitrogens with one attached hydrogen (secondary N) is 1. The molecule has 128 valence electrons. The Morgan fingerprint density at radius 3 is 2.88 bits per heavy atom. The number of carbonyl (C=O) groups excluding carboxylic acids is 1. The molecule has 1 atom stereocenters. The fraction of sp³-hybridized carbons (Fsp3) is 0.412. The van der Waals surface area contributed by atoms with Gasteiger partial charge in [0.1, 0.15) is 11.9 Å². The lowest BCUT2D eigenvalue weighted by atomic mass is 10.1. The molecule has 1 aromatic heterocycles. The number of hydrogen-bond acceptors (Lipinski definition) is 5. The van der Waals surface area contributed by atoms with E-state index >= 15 is 0 Å². The van der Waals surface area contributed by atoms with Gasteiger partial charge in [0.25, 0.3) is 5.91 Å². The van der Waals surface area contributed by atoms with Crippen molar-refractivity contribution >= 4 is 5.91 Å². The van der Waals surface area contributed by atoms with Crippen LogP contribution in [0.2, 0.25) is 0 Å². The van der Waals surface area contributed by atoms with Gasteiger partial charge >= 0.3 is 0 Å². The zero-order valence-electron chi connectivity index (χ0n) is 13.9. The summed E-state index contributed by atoms with van der Waals surface area (Å²) in [5.41, 5.74) is 0. The van der Waals surface area contributed by atoms with Crippen molar-refractivity contribution in [1.29, 1.82) is 0 Å². The Kier molecular flexibility index (Phi) is 5.00. The molecule has 0 aliphatic carbocycles. The van der Waals surface area contributed by atoms with Crippen LogP contribution >= 0.6 is 0 Å². The summed E-state index contributed by atoms with van der Waals surface area (Å²) in [7, 11) is 3.52. The van der Waals surface area contributed by atoms with Gasteiger partial charge < -0.3 is 24.3 Å². The molecule has 1 N–H and O–H groups in total. The lowest BCUT2D eigenvalue weighted by Gasteiger charge is -2.35. The summed E-state index contributed by atoms with van der Waals surface area (Å²) < 4.78 is 12.9. The highest BCUT2D eigenvalue weighted by molar-refractivity contribution is 5.78. The average Bonchev–Trinajstić information content (AvgIpc) is 3.05. The number of imidazole rings is 1. The third kappa shape index (κ3) is 3.35. The maximum Gasteiger partial charge on any atom is 0.261 e. The number of aromatic nitrogens is 2. The molecule has 7 heteroatoms. The lowest BCUT2D eigenvalue weighted by Crippen LogP contribution is -2.50. The lowest BCUT2D eigenvalue weighted by molar-refractivity contribution is -0.137. The molecule has 0 saturated carbocycles. The van der Waals surface area contributed by atoms with Crippen molar-refractivity contribution in [3.8, 4) is 11.5 Å². The van der Waals surface area contributed by atoms with Crippen LogP contribution in [0.5, 0.6) is 11.5 Å². The van der Waals surface area contributed by atoms with Crippen LogP contribution in [0, 0.1) is 0 Å². The number of hydrogen-bond donors (Lipinski definition) is 1. The van der Waals surface area contributed by atoms with E-state index in [2.05, 4.69) is 10.3 Å². The number of piperazine rings is 1. The van der Waals surface area contributed by atoms with Crippen LogP contribution in [0.4, 0.5) is 0 Å². The second-order valence-electron chi connectivity index (χ2n) is 5.64. The van der Waals surface area contributed by atoms with Gasteiger partial charge in [-0.1, -0.05) is 12.1 Å². The van der Waals surface area contributed by atoms with Gasteiger partial charge in [-0.3, -0.25) is 4.79 Å². The van der Waals surface area contributed by atoms with Crippen molar-refractivity contribution in [1.82, 2.24) is 19.8 Å². The van der Waals surface area contributed by atoms with Crippen molar-refractivity contribution in [3.05, 3.63) is 42.5 Å². The molecular formula is C17H22N4O3. The Morgan fingerprint density at radius 2 is 2.17 bits per heavy atom. The van der Waals surface area contributed by atoms with Gasteiger partial charge in [-0.05, 0) is 12.1 Å². The molecule has 24 heavy (non-hydrogen) atoms. The summed E-state index contributed by atoms with van der Waals surface area (Å²) in [4.78, 5) is 18.9. The van der Waals surface area contributed by atoms with Gasteiger partial charge in [0.15, 0.2) is 18.1 Å². The normalized spacial score (nSPS) is 17.6. The minimum Gasteiger partial charge on any atom is -0.493 e. The smallest absolute Gasteiger partial charge is 0.261 e. The van der Waals surface area contributed by atoms with E-state index in [4.69, 9.17) is 9.47 Å². The third-order valence-corrected chi connectivity index (χ3v) is 4.14. The maximum atomic E-state index is 12.7. The molecule has 2 aromatic rings. The Labute approximate surface area is 141 Å². The predicted octanol–water partition coefficient (Wildman–Crippen LogP) is 0.981. The quantitative estimate of drug-likeness (QED) is 0.885. The Bertz CT molecular complexity index is 701. The van der Waals surface area contributed by atoms with Crippen molar-refractivity contribution in [2.75, 3.05) is 33.4 Å². The van der Waals surface area contributed by atoms with Crippen molar-refractivity contribution in [2.24, 2.45) is 7.05 Å². The van der Waals surface area contributed by atoms with Gasteiger partial charge in [0, 0.05) is 39.1 Å². The molecule has 7 nitrogen and oxygen atoms in total. The molecule has 3 rings (SSSR count). The van der Waals surface area contributed by atoms with Gasteiger partial charge in [-0.25, -0.2) is 4.98 Å². The summed E-state index contributed by atoms with van der Waals surface area (Å²) in [6.07, 6.45) is 3.63. The van der Waals surface area contributed by atoms with Gasteiger partial charge in [0.05, 0.1) is 7.11 Å². The number of rotatable bonds is 5. The van der Waals surface area contributed by atoms with Crippen LogP contribution in [-0.2, 0) is 11.8 Å². The summed E-state index contributed by atoms with van der Waals surface area (Å²) in [6, 6.07) is 7.22. The summed E-state index contributed by atoms with van der Waals surface area (Å²) in [5.74, 6) is 1.99. The number of benzene rings is 1. The summed E-state index contributed by atoms with van der Waals surface area (Å²) >= 11 is 0. The van der Waals surface area contributed by atoms with Crippen LogP contribution in [0.3, 0.4) is 0 Å². The van der Waals surface area contributed by atoms with E-state index in [-0.39, 0.29) is 18.6 Å². The Morgan fingerprint density at radius 1 is 1.38 bits per heavy atom. The first-order valence-electron chi connectivity index (χ1n) is 7.94. The highest BCUT2D eigenvalue weighted by atomic mass is 16.5. The van der Waals surface area contributed by atoms with Gasteiger partial charge in [-0.15, -0.1) is 0 Å². The van der Waals surface area contributed by atoms with Crippen molar-refractivity contribution in [3.63, 3.8) is 0 Å². The topological polar surface area (TPSA) is 68.6 Å². The van der Waals surface area contributed by atoms with Gasteiger partial charge in [0.2, 0.25) is 0 Å². The largest absolute Gasteiger partial charge is 0.493 e. The van der Waals surface area contributed by atoms with Crippen LogP contribution in [0.1, 0.15) is 11.9 Å². The fourth-order valence-corrected chi connectivity index (χ4v) is 2.89. The highest BCUT2D eigenvalue weighted by Gasteiger charge is 2.30. The first kappa shape index (κ1) is 16.3. The number of aryl methyl sites for hydroxylation is 1. The first-order chi connectivity index (χ1) is 11.7.